The zero-order chi connectivity index (χ0) is 18.8. The highest BCUT2D eigenvalue weighted by molar-refractivity contribution is 6.40. The van der Waals surface area contributed by atoms with Gasteiger partial charge in [-0.2, -0.15) is 0 Å². The number of hydrogen-bond acceptors (Lipinski definition) is 7. The largest absolute Gasteiger partial charge is 0.396 e. The molecule has 2 heterocycles. The number of hydrazine groups is 1. The Kier molecular flexibility index (Phi) is 5.17. The van der Waals surface area contributed by atoms with Crippen LogP contribution in [0.1, 0.15) is 21.5 Å². The highest BCUT2D eigenvalue weighted by atomic mass is 35.5. The average Bonchev–Trinajstić information content (AvgIpc) is 2.61. The molecule has 10 heteroatoms. The number of rotatable bonds is 4. The van der Waals surface area contributed by atoms with Crippen LogP contribution in [0, 0.1) is 0 Å². The summed E-state index contributed by atoms with van der Waals surface area (Å²) in [7, 11) is 0. The van der Waals surface area contributed by atoms with Crippen molar-refractivity contribution < 1.29 is 14.4 Å². The Morgan fingerprint density at radius 2 is 2.19 bits per heavy atom. The molecule has 26 heavy (non-hydrogen) atoms. The smallest absolute Gasteiger partial charge is 0.368 e. The van der Waals surface area contributed by atoms with E-state index in [0.29, 0.717) is 24.7 Å². The molecule has 1 amide bonds. The van der Waals surface area contributed by atoms with Crippen LogP contribution >= 0.6 is 23.2 Å². The quantitative estimate of drug-likeness (QED) is 0.461. The van der Waals surface area contributed by atoms with E-state index in [1.165, 1.54) is 6.20 Å². The van der Waals surface area contributed by atoms with E-state index >= 15 is 0 Å². The second kappa shape index (κ2) is 7.36. The van der Waals surface area contributed by atoms with Crippen LogP contribution in [-0.2, 0) is 22.6 Å². The molecule has 1 aromatic heterocycles. The minimum absolute atomic E-state index is 0.00316. The molecule has 3 rings (SSSR count). The average molecular weight is 396 g/mol. The van der Waals surface area contributed by atoms with Gasteiger partial charge >= 0.3 is 5.97 Å². The van der Waals surface area contributed by atoms with Crippen molar-refractivity contribution >= 4 is 47.1 Å². The van der Waals surface area contributed by atoms with Crippen LogP contribution in [0.4, 0.5) is 11.5 Å². The Bertz CT molecular complexity index is 877. The number of carbonyl (C=O) groups is 2. The SMILES string of the molecule is Nc1cccnc1N(N)OC(=O)c1c(Cl)cc2c(c1Cl)CCN(C=O)C2. The molecule has 0 unspecified atom stereocenters. The first-order valence-electron chi connectivity index (χ1n) is 7.59. The first kappa shape index (κ1) is 18.2. The van der Waals surface area contributed by atoms with Crippen molar-refractivity contribution in [3.05, 3.63) is 51.1 Å². The minimum atomic E-state index is -0.840. The number of pyridine rings is 1. The van der Waals surface area contributed by atoms with Crippen LogP contribution in [-0.4, -0.2) is 28.8 Å². The summed E-state index contributed by atoms with van der Waals surface area (Å²) in [6, 6.07) is 4.78. The van der Waals surface area contributed by atoms with Crippen LogP contribution in [0.25, 0.3) is 0 Å². The maximum Gasteiger partial charge on any atom is 0.368 e. The third kappa shape index (κ3) is 3.39. The van der Waals surface area contributed by atoms with E-state index in [4.69, 9.17) is 39.6 Å². The molecule has 1 aromatic carbocycles. The van der Waals surface area contributed by atoms with Crippen LogP contribution in [0.2, 0.25) is 10.0 Å². The Morgan fingerprint density at radius 1 is 1.42 bits per heavy atom. The molecule has 136 valence electrons. The molecule has 0 bridgehead atoms. The first-order chi connectivity index (χ1) is 12.4. The van der Waals surface area contributed by atoms with E-state index < -0.39 is 5.97 Å². The molecule has 2 aromatic rings. The van der Waals surface area contributed by atoms with Gasteiger partial charge < -0.3 is 15.5 Å². The first-order valence-corrected chi connectivity index (χ1v) is 8.34. The van der Waals surface area contributed by atoms with Crippen LogP contribution in [0.5, 0.6) is 0 Å². The number of anilines is 2. The number of nitrogen functional groups attached to an aromatic ring is 1. The van der Waals surface area contributed by atoms with Gasteiger partial charge in [-0.05, 0) is 35.7 Å². The number of nitrogens with two attached hydrogens (primary N) is 2. The molecule has 0 atom stereocenters. The van der Waals surface area contributed by atoms with Gasteiger partial charge in [0.05, 0.1) is 21.3 Å². The highest BCUT2D eigenvalue weighted by Gasteiger charge is 2.27. The van der Waals surface area contributed by atoms with E-state index in [1.54, 1.807) is 23.1 Å². The number of fused-ring (bicyclic) bond motifs is 1. The van der Waals surface area contributed by atoms with Crippen molar-refractivity contribution in [3.63, 3.8) is 0 Å². The summed E-state index contributed by atoms with van der Waals surface area (Å²) in [6.45, 7) is 0.876. The number of halogens is 2. The number of nitrogens with zero attached hydrogens (tertiary/aromatic N) is 3. The fourth-order valence-corrected chi connectivity index (χ4v) is 3.47. The molecular weight excluding hydrogens is 381 g/mol. The summed E-state index contributed by atoms with van der Waals surface area (Å²) in [5.74, 6) is 4.96. The molecular formula is C16H15Cl2N5O3. The van der Waals surface area contributed by atoms with E-state index in [2.05, 4.69) is 4.98 Å². The van der Waals surface area contributed by atoms with E-state index in [0.717, 1.165) is 17.5 Å². The molecule has 0 saturated heterocycles. The fourth-order valence-electron chi connectivity index (χ4n) is 2.72. The van der Waals surface area contributed by atoms with Crippen molar-refractivity contribution in [2.24, 2.45) is 5.84 Å². The lowest BCUT2D eigenvalue weighted by Crippen LogP contribution is -2.35. The third-order valence-corrected chi connectivity index (χ3v) is 4.71. The molecule has 1 aliphatic rings. The van der Waals surface area contributed by atoms with Crippen molar-refractivity contribution in [1.29, 1.82) is 0 Å². The van der Waals surface area contributed by atoms with Crippen molar-refractivity contribution in [3.8, 4) is 0 Å². The van der Waals surface area contributed by atoms with Gasteiger partial charge in [0.15, 0.2) is 0 Å². The number of benzene rings is 1. The van der Waals surface area contributed by atoms with Gasteiger partial charge in [-0.15, -0.1) is 5.17 Å². The minimum Gasteiger partial charge on any atom is -0.396 e. The molecule has 0 spiro atoms. The van der Waals surface area contributed by atoms with Gasteiger partial charge in [-0.25, -0.2) is 15.6 Å². The molecule has 0 saturated carbocycles. The number of carbonyl (C=O) groups excluding carboxylic acids is 2. The summed E-state index contributed by atoms with van der Waals surface area (Å²) < 4.78 is 0. The third-order valence-electron chi connectivity index (χ3n) is 3.99. The fraction of sp³-hybridized carbons (Fsp3) is 0.188. The summed E-state index contributed by atoms with van der Waals surface area (Å²) >= 11 is 12.6. The van der Waals surface area contributed by atoms with Gasteiger partial charge in [0.25, 0.3) is 0 Å². The standard InChI is InChI=1S/C16H15Cl2N5O3/c17-11-6-9-7-22(8-24)5-3-10(9)14(18)13(11)16(25)26-23(20)15-12(19)2-1-4-21-15/h1-2,4,6,8H,3,5,7,19-20H2. The normalized spacial score (nSPS) is 13.1. The Labute approximate surface area is 159 Å². The van der Waals surface area contributed by atoms with Crippen molar-refractivity contribution in [2.45, 2.75) is 13.0 Å². The van der Waals surface area contributed by atoms with Gasteiger partial charge in [0, 0.05) is 19.3 Å². The molecule has 0 fully saturated rings. The Hall–Kier alpha value is -2.55. The Balaban J connectivity index is 1.88. The summed E-state index contributed by atoms with van der Waals surface area (Å²) in [6.07, 6.45) is 2.72. The van der Waals surface area contributed by atoms with E-state index in [1.807, 2.05) is 0 Å². The lowest BCUT2D eigenvalue weighted by Gasteiger charge is -2.27. The van der Waals surface area contributed by atoms with E-state index in [9.17, 15) is 9.59 Å². The lowest BCUT2D eigenvalue weighted by molar-refractivity contribution is -0.118. The predicted molar refractivity (Wildman–Crippen MR) is 97.4 cm³/mol. The molecule has 0 aliphatic carbocycles. The summed E-state index contributed by atoms with van der Waals surface area (Å²) in [5.41, 5.74) is 7.52. The molecule has 4 N–H and O–H groups in total. The second-order valence-corrected chi connectivity index (χ2v) is 6.42. The highest BCUT2D eigenvalue weighted by Crippen LogP contribution is 2.35. The second-order valence-electron chi connectivity index (χ2n) is 5.63. The van der Waals surface area contributed by atoms with E-state index in [-0.39, 0.29) is 27.1 Å². The molecule has 8 nitrogen and oxygen atoms in total. The van der Waals surface area contributed by atoms with Gasteiger partial charge in [0.2, 0.25) is 12.2 Å². The summed E-state index contributed by atoms with van der Waals surface area (Å²) in [5, 5.41) is 0.956. The van der Waals surface area contributed by atoms with Gasteiger partial charge in [0.1, 0.15) is 0 Å². The van der Waals surface area contributed by atoms with Crippen LogP contribution < -0.4 is 16.7 Å². The zero-order valence-corrected chi connectivity index (χ0v) is 15.0. The Morgan fingerprint density at radius 3 is 2.88 bits per heavy atom. The maximum atomic E-state index is 12.5. The van der Waals surface area contributed by atoms with Crippen LogP contribution in [0.15, 0.2) is 24.4 Å². The monoisotopic (exact) mass is 395 g/mol. The van der Waals surface area contributed by atoms with Gasteiger partial charge in [-0.1, -0.05) is 23.2 Å². The maximum absolute atomic E-state index is 12.5. The topological polar surface area (TPSA) is 115 Å². The number of aromatic nitrogens is 1. The predicted octanol–water partition coefficient (Wildman–Crippen LogP) is 1.94. The van der Waals surface area contributed by atoms with Crippen molar-refractivity contribution in [1.82, 2.24) is 9.88 Å². The molecule has 1 aliphatic heterocycles. The van der Waals surface area contributed by atoms with Gasteiger partial charge in [-0.3, -0.25) is 4.79 Å². The van der Waals surface area contributed by atoms with Crippen LogP contribution in [0.3, 0.4) is 0 Å². The number of amides is 1. The number of hydrogen-bond donors (Lipinski definition) is 2. The lowest BCUT2D eigenvalue weighted by atomic mass is 9.97. The molecule has 0 radical (unpaired) electrons. The summed E-state index contributed by atoms with van der Waals surface area (Å²) in [4.78, 5) is 34.1. The van der Waals surface area contributed by atoms with Crippen molar-refractivity contribution in [2.75, 3.05) is 17.5 Å². The zero-order valence-electron chi connectivity index (χ0n) is 13.5.